The zero-order valence-corrected chi connectivity index (χ0v) is 19.6. The van der Waals surface area contributed by atoms with Gasteiger partial charge in [-0.25, -0.2) is 0 Å². The summed E-state index contributed by atoms with van der Waals surface area (Å²) in [6.45, 7) is 14.1. The molecule has 0 saturated carbocycles. The van der Waals surface area contributed by atoms with Crippen molar-refractivity contribution in [1.29, 1.82) is 0 Å². The highest BCUT2D eigenvalue weighted by atomic mass is 16.4. The predicted octanol–water partition coefficient (Wildman–Crippen LogP) is 6.65. The maximum absolute atomic E-state index is 11.2. The molecule has 0 radical (unpaired) electrons. The molecule has 164 valence electrons. The number of hydrogen-bond donors (Lipinski definition) is 1. The molecule has 0 aliphatic heterocycles. The fourth-order valence-electron chi connectivity index (χ4n) is 3.20. The van der Waals surface area contributed by atoms with E-state index < -0.39 is 11.9 Å². The van der Waals surface area contributed by atoms with Gasteiger partial charge in [0.05, 0.1) is 5.92 Å². The minimum atomic E-state index is -0.772. The second-order valence-electron chi connectivity index (χ2n) is 9.07. The van der Waals surface area contributed by atoms with E-state index in [9.17, 15) is 9.59 Å². The monoisotopic (exact) mass is 410 g/mol. The molecule has 0 aliphatic rings. The first-order valence-corrected chi connectivity index (χ1v) is 10.9. The molecule has 2 aromatic carbocycles. The van der Waals surface area contributed by atoms with Crippen molar-refractivity contribution in [3.8, 4) is 0 Å². The van der Waals surface area contributed by atoms with Crippen molar-refractivity contribution >= 4 is 11.8 Å². The highest BCUT2D eigenvalue weighted by Gasteiger charge is 2.13. The lowest BCUT2D eigenvalue weighted by molar-refractivity contribution is -0.138. The van der Waals surface area contributed by atoms with Crippen LogP contribution in [-0.4, -0.2) is 16.9 Å². The SMILES string of the molecule is CC(=O)[C@H](C)c1ccc(CC(C)C)cc1.CC(C)Cc1ccc(C(C)C(=O)O)cc1. The van der Waals surface area contributed by atoms with Gasteiger partial charge in [0.1, 0.15) is 5.78 Å². The average molecular weight is 411 g/mol. The number of carbonyl (C=O) groups excluding carboxylic acids is 1. The molecular weight excluding hydrogens is 372 g/mol. The summed E-state index contributed by atoms with van der Waals surface area (Å²) in [6.07, 6.45) is 2.15. The highest BCUT2D eigenvalue weighted by molar-refractivity contribution is 5.82. The molecule has 0 saturated heterocycles. The third kappa shape index (κ3) is 8.94. The molecule has 3 heteroatoms. The molecular formula is C27H38O3. The van der Waals surface area contributed by atoms with E-state index in [0.717, 1.165) is 24.0 Å². The Morgan fingerprint density at radius 3 is 1.27 bits per heavy atom. The van der Waals surface area contributed by atoms with Crippen molar-refractivity contribution in [2.45, 2.75) is 73.1 Å². The Labute approximate surface area is 182 Å². The van der Waals surface area contributed by atoms with Crippen molar-refractivity contribution in [3.63, 3.8) is 0 Å². The largest absolute Gasteiger partial charge is 0.481 e. The number of carboxylic acid groups (broad SMARTS) is 1. The number of carbonyl (C=O) groups is 2. The summed E-state index contributed by atoms with van der Waals surface area (Å²) in [7, 11) is 0. The molecule has 1 N–H and O–H groups in total. The van der Waals surface area contributed by atoms with Gasteiger partial charge in [-0.15, -0.1) is 0 Å². The van der Waals surface area contributed by atoms with Gasteiger partial charge in [-0.3, -0.25) is 9.59 Å². The van der Waals surface area contributed by atoms with Crippen LogP contribution in [0.2, 0.25) is 0 Å². The van der Waals surface area contributed by atoms with Crippen molar-refractivity contribution in [1.82, 2.24) is 0 Å². The predicted molar refractivity (Wildman–Crippen MR) is 125 cm³/mol. The summed E-state index contributed by atoms with van der Waals surface area (Å²) in [5.74, 6) is 0.378. The van der Waals surface area contributed by atoms with Crippen molar-refractivity contribution < 1.29 is 14.7 Å². The average Bonchev–Trinajstić information content (AvgIpc) is 2.67. The first-order chi connectivity index (χ1) is 14.0. The molecule has 2 rings (SSSR count). The number of rotatable bonds is 8. The summed E-state index contributed by atoms with van der Waals surface area (Å²) < 4.78 is 0. The van der Waals surface area contributed by atoms with E-state index in [-0.39, 0.29) is 11.7 Å². The number of aliphatic carboxylic acids is 1. The van der Waals surface area contributed by atoms with Crippen LogP contribution >= 0.6 is 0 Å². The Hall–Kier alpha value is -2.42. The van der Waals surface area contributed by atoms with Crippen LogP contribution in [0, 0.1) is 11.8 Å². The molecule has 2 aromatic rings. The molecule has 0 aromatic heterocycles. The van der Waals surface area contributed by atoms with Crippen LogP contribution in [-0.2, 0) is 22.4 Å². The third-order valence-electron chi connectivity index (χ3n) is 5.23. The van der Waals surface area contributed by atoms with E-state index in [1.807, 2.05) is 31.2 Å². The van der Waals surface area contributed by atoms with Gasteiger partial charge in [-0.2, -0.15) is 0 Å². The summed E-state index contributed by atoms with van der Waals surface area (Å²) >= 11 is 0. The first-order valence-electron chi connectivity index (χ1n) is 10.9. The van der Waals surface area contributed by atoms with Gasteiger partial charge in [0.15, 0.2) is 0 Å². The number of hydrogen-bond acceptors (Lipinski definition) is 2. The minimum absolute atomic E-state index is 0.0260. The topological polar surface area (TPSA) is 54.4 Å². The van der Waals surface area contributed by atoms with Gasteiger partial charge < -0.3 is 5.11 Å². The van der Waals surface area contributed by atoms with Crippen LogP contribution in [0.4, 0.5) is 0 Å². The summed E-state index contributed by atoms with van der Waals surface area (Å²) in [6, 6.07) is 16.3. The Kier molecular flexibility index (Phi) is 10.5. The Morgan fingerprint density at radius 2 is 1.00 bits per heavy atom. The lowest BCUT2D eigenvalue weighted by atomic mass is 9.95. The van der Waals surface area contributed by atoms with Gasteiger partial charge in [-0.1, -0.05) is 83.1 Å². The molecule has 0 spiro atoms. The minimum Gasteiger partial charge on any atom is -0.481 e. The number of carboxylic acids is 1. The molecule has 0 fully saturated rings. The van der Waals surface area contributed by atoms with Crippen LogP contribution in [0.15, 0.2) is 48.5 Å². The van der Waals surface area contributed by atoms with E-state index in [0.29, 0.717) is 11.8 Å². The van der Waals surface area contributed by atoms with Crippen LogP contribution in [0.3, 0.4) is 0 Å². The van der Waals surface area contributed by atoms with Crippen LogP contribution in [0.1, 0.15) is 82.6 Å². The van der Waals surface area contributed by atoms with Crippen molar-refractivity contribution in [2.75, 3.05) is 0 Å². The van der Waals surface area contributed by atoms with Crippen LogP contribution < -0.4 is 0 Å². The standard InChI is InChI=1S/C14H20O.C13H18O2/c1-10(2)9-13-5-7-14(8-6-13)11(3)12(4)15;1-9(2)8-11-4-6-12(7-5-11)10(3)13(14)15/h5-8,10-11H,9H2,1-4H3;4-7,9-10H,8H2,1-3H3,(H,14,15)/t11-;/m0./s1. The Balaban J connectivity index is 0.000000300. The second-order valence-corrected chi connectivity index (χ2v) is 9.07. The fraction of sp³-hybridized carbons (Fsp3) is 0.481. The maximum Gasteiger partial charge on any atom is 0.310 e. The van der Waals surface area contributed by atoms with Crippen LogP contribution in [0.5, 0.6) is 0 Å². The van der Waals surface area contributed by atoms with Gasteiger partial charge in [0, 0.05) is 5.92 Å². The Bertz CT molecular complexity index is 716. The molecule has 30 heavy (non-hydrogen) atoms. The molecule has 0 amide bonds. The third-order valence-corrected chi connectivity index (χ3v) is 5.23. The molecule has 0 aliphatic carbocycles. The highest BCUT2D eigenvalue weighted by Crippen LogP contribution is 2.18. The van der Waals surface area contributed by atoms with Crippen molar-refractivity contribution in [3.05, 3.63) is 70.8 Å². The molecule has 0 heterocycles. The number of benzene rings is 2. The van der Waals surface area contributed by atoms with E-state index >= 15 is 0 Å². The number of ketones is 1. The second kappa shape index (κ2) is 12.3. The fourth-order valence-corrected chi connectivity index (χ4v) is 3.20. The summed E-state index contributed by atoms with van der Waals surface area (Å²) in [5.41, 5.74) is 4.61. The summed E-state index contributed by atoms with van der Waals surface area (Å²) in [5, 5.41) is 8.85. The smallest absolute Gasteiger partial charge is 0.310 e. The van der Waals surface area contributed by atoms with E-state index in [1.54, 1.807) is 13.8 Å². The van der Waals surface area contributed by atoms with Gasteiger partial charge in [0.2, 0.25) is 0 Å². The van der Waals surface area contributed by atoms with E-state index in [2.05, 4.69) is 52.0 Å². The molecule has 2 atom stereocenters. The lowest BCUT2D eigenvalue weighted by Gasteiger charge is -2.10. The van der Waals surface area contributed by atoms with Gasteiger partial charge in [-0.05, 0) is 60.8 Å². The quantitative estimate of drug-likeness (QED) is 0.530. The molecule has 1 unspecified atom stereocenters. The molecule has 3 nitrogen and oxygen atoms in total. The maximum atomic E-state index is 11.2. The normalized spacial score (nSPS) is 12.8. The van der Waals surface area contributed by atoms with Gasteiger partial charge >= 0.3 is 5.97 Å². The van der Waals surface area contributed by atoms with Crippen molar-refractivity contribution in [2.24, 2.45) is 11.8 Å². The van der Waals surface area contributed by atoms with Crippen LogP contribution in [0.25, 0.3) is 0 Å². The zero-order chi connectivity index (χ0) is 22.8. The van der Waals surface area contributed by atoms with E-state index in [4.69, 9.17) is 5.11 Å². The first kappa shape index (κ1) is 25.6. The van der Waals surface area contributed by atoms with Gasteiger partial charge in [0.25, 0.3) is 0 Å². The summed E-state index contributed by atoms with van der Waals surface area (Å²) in [4.78, 5) is 22.0. The zero-order valence-electron chi connectivity index (χ0n) is 19.6. The van der Waals surface area contributed by atoms with E-state index in [1.165, 1.54) is 11.1 Å². The molecule has 0 bridgehead atoms. The lowest BCUT2D eigenvalue weighted by Crippen LogP contribution is -2.07. The Morgan fingerprint density at radius 1 is 0.667 bits per heavy atom. The number of Topliss-reactive ketones (excluding diaryl/α,β-unsaturated/α-hetero) is 1.